The number of carbonyl (C=O) groups excluding carboxylic acids is 1. The molecule has 0 fully saturated rings. The molecule has 0 radical (unpaired) electrons. The van der Waals surface area contributed by atoms with E-state index in [2.05, 4.69) is 69.8 Å². The standard InChI is InChI=1S/C27H40N2O5S/c1-8-26(3,4)19-12-15-24(21(17-19)27(5,6)9-2)34-16-10-11-25(31)28-20-13-14-22(23(30)18-20)29-35(7,32)33/h12-15,17-18,29-30H,8-11,16H2,1-7H3,(H,28,31). The minimum Gasteiger partial charge on any atom is -0.506 e. The highest BCUT2D eigenvalue weighted by molar-refractivity contribution is 7.92. The van der Waals surface area contributed by atoms with E-state index in [1.165, 1.54) is 29.3 Å². The molecule has 0 heterocycles. The van der Waals surface area contributed by atoms with Gasteiger partial charge in [0.25, 0.3) is 0 Å². The van der Waals surface area contributed by atoms with Crippen LogP contribution in [-0.2, 0) is 25.6 Å². The summed E-state index contributed by atoms with van der Waals surface area (Å²) >= 11 is 0. The van der Waals surface area contributed by atoms with Crippen LogP contribution >= 0.6 is 0 Å². The van der Waals surface area contributed by atoms with Crippen molar-refractivity contribution in [2.24, 2.45) is 0 Å². The molecule has 3 N–H and O–H groups in total. The molecule has 0 bridgehead atoms. The molecule has 0 spiro atoms. The van der Waals surface area contributed by atoms with Crippen molar-refractivity contribution in [3.8, 4) is 11.5 Å². The molecule has 0 aromatic heterocycles. The molecule has 194 valence electrons. The van der Waals surface area contributed by atoms with Gasteiger partial charge >= 0.3 is 0 Å². The number of ether oxygens (including phenoxy) is 1. The Bertz CT molecular complexity index is 1140. The zero-order valence-electron chi connectivity index (χ0n) is 22.0. The highest BCUT2D eigenvalue weighted by atomic mass is 32.2. The minimum atomic E-state index is -3.51. The van der Waals surface area contributed by atoms with Crippen molar-refractivity contribution >= 4 is 27.3 Å². The summed E-state index contributed by atoms with van der Waals surface area (Å²) in [6, 6.07) is 10.7. The predicted octanol–water partition coefficient (Wildman–Crippen LogP) is 5.94. The van der Waals surface area contributed by atoms with E-state index < -0.39 is 10.0 Å². The van der Waals surface area contributed by atoms with E-state index in [0.29, 0.717) is 18.7 Å². The first kappa shape index (κ1) is 28.5. The van der Waals surface area contributed by atoms with Crippen molar-refractivity contribution in [2.45, 2.75) is 78.1 Å². The molecule has 2 aromatic carbocycles. The van der Waals surface area contributed by atoms with Gasteiger partial charge in [-0.2, -0.15) is 0 Å². The normalized spacial score (nSPS) is 12.3. The third kappa shape index (κ3) is 8.16. The largest absolute Gasteiger partial charge is 0.506 e. The fourth-order valence-electron chi connectivity index (χ4n) is 3.53. The molecule has 2 rings (SSSR count). The number of sulfonamides is 1. The Morgan fingerprint density at radius 2 is 1.66 bits per heavy atom. The third-order valence-corrected chi connectivity index (χ3v) is 7.23. The van der Waals surface area contributed by atoms with Crippen molar-refractivity contribution in [3.05, 3.63) is 47.5 Å². The summed E-state index contributed by atoms with van der Waals surface area (Å²) in [5.74, 6) is 0.370. The maximum Gasteiger partial charge on any atom is 0.229 e. The maximum absolute atomic E-state index is 12.3. The molecule has 2 aromatic rings. The number of rotatable bonds is 12. The van der Waals surface area contributed by atoms with Crippen molar-refractivity contribution in [3.63, 3.8) is 0 Å². The lowest BCUT2D eigenvalue weighted by atomic mass is 9.76. The molecule has 0 aliphatic heterocycles. The van der Waals surface area contributed by atoms with Gasteiger partial charge in [0.2, 0.25) is 15.9 Å². The first-order valence-corrected chi connectivity index (χ1v) is 14.0. The Hall–Kier alpha value is -2.74. The quantitative estimate of drug-likeness (QED) is 0.245. The summed E-state index contributed by atoms with van der Waals surface area (Å²) in [7, 11) is -3.51. The van der Waals surface area contributed by atoms with Gasteiger partial charge in [-0.05, 0) is 53.9 Å². The van der Waals surface area contributed by atoms with E-state index in [1.807, 2.05) is 0 Å². The lowest BCUT2D eigenvalue weighted by molar-refractivity contribution is -0.116. The number of hydrogen-bond donors (Lipinski definition) is 3. The van der Waals surface area contributed by atoms with Gasteiger partial charge in [-0.15, -0.1) is 0 Å². The molecule has 0 saturated carbocycles. The summed E-state index contributed by atoms with van der Waals surface area (Å²) in [4.78, 5) is 12.3. The zero-order valence-corrected chi connectivity index (χ0v) is 22.8. The van der Waals surface area contributed by atoms with E-state index in [9.17, 15) is 18.3 Å². The van der Waals surface area contributed by atoms with Gasteiger partial charge in [0.05, 0.1) is 18.6 Å². The maximum atomic E-state index is 12.3. The van der Waals surface area contributed by atoms with Crippen LogP contribution in [0.3, 0.4) is 0 Å². The average Bonchev–Trinajstić information content (AvgIpc) is 2.77. The zero-order chi connectivity index (χ0) is 26.4. The van der Waals surface area contributed by atoms with Crippen LogP contribution in [0.4, 0.5) is 11.4 Å². The molecule has 0 unspecified atom stereocenters. The number of aromatic hydroxyl groups is 1. The van der Waals surface area contributed by atoms with Gasteiger partial charge in [0, 0.05) is 23.7 Å². The monoisotopic (exact) mass is 504 g/mol. The number of phenols is 1. The van der Waals surface area contributed by atoms with Crippen molar-refractivity contribution in [1.29, 1.82) is 0 Å². The van der Waals surface area contributed by atoms with Gasteiger partial charge in [-0.1, -0.05) is 53.7 Å². The molecule has 35 heavy (non-hydrogen) atoms. The van der Waals surface area contributed by atoms with Gasteiger partial charge in [-0.25, -0.2) is 8.42 Å². The first-order valence-electron chi connectivity index (χ1n) is 12.1. The van der Waals surface area contributed by atoms with Crippen molar-refractivity contribution in [1.82, 2.24) is 0 Å². The summed E-state index contributed by atoms with van der Waals surface area (Å²) in [6.07, 6.45) is 3.80. The predicted molar refractivity (Wildman–Crippen MR) is 143 cm³/mol. The molecule has 8 heteroatoms. The van der Waals surface area contributed by atoms with Gasteiger partial charge in [0.15, 0.2) is 0 Å². The number of benzene rings is 2. The van der Waals surface area contributed by atoms with Gasteiger partial charge in [-0.3, -0.25) is 9.52 Å². The first-order chi connectivity index (χ1) is 16.2. The number of amides is 1. The third-order valence-electron chi connectivity index (χ3n) is 6.64. The number of phenolic OH excluding ortho intramolecular Hbond substituents is 1. The van der Waals surface area contributed by atoms with Crippen molar-refractivity contribution < 1.29 is 23.1 Å². The Kier molecular flexibility index (Phi) is 9.23. The molecular formula is C27H40N2O5S. The van der Waals surface area contributed by atoms with Crippen LogP contribution in [0.25, 0.3) is 0 Å². The van der Waals surface area contributed by atoms with Crippen LogP contribution in [0.1, 0.15) is 78.4 Å². The van der Waals surface area contributed by atoms with E-state index in [1.54, 1.807) is 0 Å². The molecule has 7 nitrogen and oxygen atoms in total. The van der Waals surface area contributed by atoms with Crippen LogP contribution in [0.15, 0.2) is 36.4 Å². The summed E-state index contributed by atoms with van der Waals surface area (Å²) in [5, 5.41) is 12.7. The molecular weight excluding hydrogens is 464 g/mol. The van der Waals surface area contributed by atoms with E-state index in [0.717, 1.165) is 24.8 Å². The molecule has 0 saturated heterocycles. The SMILES string of the molecule is CCC(C)(C)c1ccc(OCCCC(=O)Nc2ccc(NS(C)(=O)=O)c(O)c2)c(C(C)(C)CC)c1. The highest BCUT2D eigenvalue weighted by Crippen LogP contribution is 2.38. The second kappa shape index (κ2) is 11.3. The van der Waals surface area contributed by atoms with Crippen LogP contribution in [0.5, 0.6) is 11.5 Å². The van der Waals surface area contributed by atoms with Crippen molar-refractivity contribution in [2.75, 3.05) is 22.9 Å². The number of hydrogen-bond acceptors (Lipinski definition) is 5. The molecule has 0 aliphatic rings. The topological polar surface area (TPSA) is 105 Å². The number of nitrogens with one attached hydrogen (secondary N) is 2. The molecule has 1 amide bonds. The fourth-order valence-corrected chi connectivity index (χ4v) is 4.11. The Morgan fingerprint density at radius 3 is 2.23 bits per heavy atom. The highest BCUT2D eigenvalue weighted by Gasteiger charge is 2.26. The summed E-state index contributed by atoms with van der Waals surface area (Å²) in [5.41, 5.74) is 2.97. The number of anilines is 2. The fraction of sp³-hybridized carbons (Fsp3) is 0.519. The van der Waals surface area contributed by atoms with Crippen LogP contribution < -0.4 is 14.8 Å². The lowest BCUT2D eigenvalue weighted by Crippen LogP contribution is -2.21. The van der Waals surface area contributed by atoms with Gasteiger partial charge in [0.1, 0.15) is 11.5 Å². The Balaban J connectivity index is 1.99. The second-order valence-corrected chi connectivity index (χ2v) is 12.0. The second-order valence-electron chi connectivity index (χ2n) is 10.3. The van der Waals surface area contributed by atoms with E-state index >= 15 is 0 Å². The summed E-state index contributed by atoms with van der Waals surface area (Å²) in [6.45, 7) is 13.7. The van der Waals surface area contributed by atoms with Crippen LogP contribution in [0, 0.1) is 0 Å². The smallest absolute Gasteiger partial charge is 0.229 e. The van der Waals surface area contributed by atoms with Gasteiger partial charge < -0.3 is 15.2 Å². The van der Waals surface area contributed by atoms with Crippen LogP contribution in [-0.4, -0.2) is 32.3 Å². The Morgan fingerprint density at radius 1 is 1.00 bits per heavy atom. The lowest BCUT2D eigenvalue weighted by Gasteiger charge is -2.30. The average molecular weight is 505 g/mol. The molecule has 0 aliphatic carbocycles. The summed E-state index contributed by atoms with van der Waals surface area (Å²) < 4.78 is 31.0. The Labute approximate surface area is 210 Å². The van der Waals surface area contributed by atoms with Crippen LogP contribution in [0.2, 0.25) is 0 Å². The minimum absolute atomic E-state index is 0.0351. The van der Waals surface area contributed by atoms with E-state index in [4.69, 9.17) is 4.74 Å². The molecule has 0 atom stereocenters. The van der Waals surface area contributed by atoms with E-state index in [-0.39, 0.29) is 34.6 Å². The number of carbonyl (C=O) groups is 1.